The van der Waals surface area contributed by atoms with Gasteiger partial charge < -0.3 is 10.2 Å². The van der Waals surface area contributed by atoms with E-state index in [2.05, 4.69) is 24.4 Å². The highest BCUT2D eigenvalue weighted by Crippen LogP contribution is 2.24. The van der Waals surface area contributed by atoms with Gasteiger partial charge in [0, 0.05) is 6.54 Å². The normalized spacial score (nSPS) is 11.1. The first-order chi connectivity index (χ1) is 7.63. The van der Waals surface area contributed by atoms with E-state index in [0.29, 0.717) is 16.7 Å². The number of nitrogens with zero attached hydrogens (tertiary/aromatic N) is 1. The molecule has 0 saturated heterocycles. The van der Waals surface area contributed by atoms with Crippen LogP contribution in [0.1, 0.15) is 19.4 Å². The molecule has 1 aromatic rings. The fourth-order valence-corrected chi connectivity index (χ4v) is 1.31. The summed E-state index contributed by atoms with van der Waals surface area (Å²) < 4.78 is 5.12. The summed E-state index contributed by atoms with van der Waals surface area (Å²) in [5.41, 5.74) is 3.94. The van der Waals surface area contributed by atoms with Gasteiger partial charge in [-0.2, -0.15) is 5.10 Å². The van der Waals surface area contributed by atoms with Crippen molar-refractivity contribution in [1.29, 1.82) is 0 Å². The van der Waals surface area contributed by atoms with Crippen LogP contribution in [0.4, 0.5) is 0 Å². The summed E-state index contributed by atoms with van der Waals surface area (Å²) in [4.78, 5) is 0. The van der Waals surface area contributed by atoms with Gasteiger partial charge in [-0.25, -0.2) is 0 Å². The Kier molecular flexibility index (Phi) is 5.12. The SMILES string of the molecule is COc1cc(/C=N/NCC(C)C)ccc1Cl. The minimum atomic E-state index is 0.580. The van der Waals surface area contributed by atoms with Crippen molar-refractivity contribution in [2.75, 3.05) is 13.7 Å². The Bertz CT molecular complexity index is 364. The molecule has 3 nitrogen and oxygen atoms in total. The second kappa shape index (κ2) is 6.38. The molecule has 0 aliphatic carbocycles. The number of methoxy groups -OCH3 is 1. The molecule has 0 radical (unpaired) electrons. The number of hydrogen-bond acceptors (Lipinski definition) is 3. The third-order valence-corrected chi connectivity index (χ3v) is 2.29. The second-order valence-electron chi connectivity index (χ2n) is 3.91. The predicted molar refractivity (Wildman–Crippen MR) is 68.4 cm³/mol. The predicted octanol–water partition coefficient (Wildman–Crippen LogP) is 2.93. The zero-order chi connectivity index (χ0) is 12.0. The molecule has 88 valence electrons. The van der Waals surface area contributed by atoms with Gasteiger partial charge in [0.1, 0.15) is 5.75 Å². The maximum atomic E-state index is 5.91. The van der Waals surface area contributed by atoms with Gasteiger partial charge in [-0.3, -0.25) is 0 Å². The number of ether oxygens (including phenoxy) is 1. The van der Waals surface area contributed by atoms with Gasteiger partial charge in [-0.05, 0) is 23.6 Å². The van der Waals surface area contributed by atoms with E-state index in [4.69, 9.17) is 16.3 Å². The molecule has 0 aliphatic heterocycles. The standard InChI is InChI=1S/C12H17ClN2O/c1-9(2)7-14-15-8-10-4-5-11(13)12(6-10)16-3/h4-6,8-9,14H,7H2,1-3H3/b15-8+. The van der Waals surface area contributed by atoms with Crippen molar-refractivity contribution in [2.45, 2.75) is 13.8 Å². The Morgan fingerprint density at radius 2 is 2.25 bits per heavy atom. The molecule has 0 unspecified atom stereocenters. The Balaban J connectivity index is 2.60. The number of nitrogens with one attached hydrogen (secondary N) is 1. The van der Waals surface area contributed by atoms with Gasteiger partial charge in [0.2, 0.25) is 0 Å². The maximum Gasteiger partial charge on any atom is 0.138 e. The van der Waals surface area contributed by atoms with Crippen LogP contribution in [0.5, 0.6) is 5.75 Å². The van der Waals surface area contributed by atoms with E-state index in [-0.39, 0.29) is 0 Å². The Hall–Kier alpha value is -1.22. The lowest BCUT2D eigenvalue weighted by molar-refractivity contribution is 0.415. The summed E-state index contributed by atoms with van der Waals surface area (Å²) in [6.45, 7) is 5.13. The number of halogens is 1. The third kappa shape index (κ3) is 4.11. The lowest BCUT2D eigenvalue weighted by Gasteiger charge is -2.04. The highest BCUT2D eigenvalue weighted by molar-refractivity contribution is 6.32. The van der Waals surface area contributed by atoms with E-state index < -0.39 is 0 Å². The molecule has 0 amide bonds. The van der Waals surface area contributed by atoms with Crippen LogP contribution in [0, 0.1) is 5.92 Å². The first-order valence-corrected chi connectivity index (χ1v) is 5.60. The summed E-state index contributed by atoms with van der Waals surface area (Å²) in [5.74, 6) is 1.24. The minimum absolute atomic E-state index is 0.580. The monoisotopic (exact) mass is 240 g/mol. The summed E-state index contributed by atoms with van der Waals surface area (Å²) >= 11 is 5.91. The molecule has 0 bridgehead atoms. The van der Waals surface area contributed by atoms with E-state index in [9.17, 15) is 0 Å². The van der Waals surface area contributed by atoms with Crippen molar-refractivity contribution in [3.63, 3.8) is 0 Å². The summed E-state index contributed by atoms with van der Waals surface area (Å²) in [7, 11) is 1.60. The summed E-state index contributed by atoms with van der Waals surface area (Å²) in [6.07, 6.45) is 1.75. The quantitative estimate of drug-likeness (QED) is 0.634. The first kappa shape index (κ1) is 12.8. The number of hydrogen-bond donors (Lipinski definition) is 1. The third-order valence-electron chi connectivity index (χ3n) is 1.98. The van der Waals surface area contributed by atoms with E-state index >= 15 is 0 Å². The number of rotatable bonds is 5. The van der Waals surface area contributed by atoms with Crippen LogP contribution in [0.15, 0.2) is 23.3 Å². The zero-order valence-corrected chi connectivity index (χ0v) is 10.6. The average Bonchev–Trinajstić information content (AvgIpc) is 2.26. The molecule has 4 heteroatoms. The van der Waals surface area contributed by atoms with Crippen molar-refractivity contribution >= 4 is 17.8 Å². The molecule has 16 heavy (non-hydrogen) atoms. The zero-order valence-electron chi connectivity index (χ0n) is 9.83. The van der Waals surface area contributed by atoms with Crippen molar-refractivity contribution in [2.24, 2.45) is 11.0 Å². The largest absolute Gasteiger partial charge is 0.495 e. The average molecular weight is 241 g/mol. The van der Waals surface area contributed by atoms with Crippen LogP contribution in [0.2, 0.25) is 5.02 Å². The van der Waals surface area contributed by atoms with Gasteiger partial charge in [-0.1, -0.05) is 31.5 Å². The lowest BCUT2D eigenvalue weighted by atomic mass is 10.2. The fraction of sp³-hybridized carbons (Fsp3) is 0.417. The van der Waals surface area contributed by atoms with Crippen LogP contribution in [-0.4, -0.2) is 19.9 Å². The molecule has 0 spiro atoms. The molecule has 0 aromatic heterocycles. The number of benzene rings is 1. The van der Waals surface area contributed by atoms with Gasteiger partial charge in [0.15, 0.2) is 0 Å². The molecule has 0 atom stereocenters. The maximum absolute atomic E-state index is 5.91. The van der Waals surface area contributed by atoms with E-state index in [1.165, 1.54) is 0 Å². The Morgan fingerprint density at radius 1 is 1.50 bits per heavy atom. The molecule has 0 heterocycles. The first-order valence-electron chi connectivity index (χ1n) is 5.23. The molecular formula is C12H17ClN2O. The van der Waals surface area contributed by atoms with E-state index in [1.54, 1.807) is 19.4 Å². The van der Waals surface area contributed by atoms with Crippen LogP contribution in [0.3, 0.4) is 0 Å². The smallest absolute Gasteiger partial charge is 0.138 e. The highest BCUT2D eigenvalue weighted by Gasteiger charge is 1.99. The molecule has 0 fully saturated rings. The molecule has 1 rings (SSSR count). The van der Waals surface area contributed by atoms with Crippen molar-refractivity contribution in [1.82, 2.24) is 5.43 Å². The fourth-order valence-electron chi connectivity index (χ4n) is 1.11. The van der Waals surface area contributed by atoms with E-state index in [0.717, 1.165) is 12.1 Å². The summed E-state index contributed by atoms with van der Waals surface area (Å²) in [5, 5.41) is 4.72. The molecule has 1 aromatic carbocycles. The lowest BCUT2D eigenvalue weighted by Crippen LogP contribution is -2.13. The van der Waals surface area contributed by atoms with Crippen molar-refractivity contribution in [3.8, 4) is 5.75 Å². The number of hydrazone groups is 1. The van der Waals surface area contributed by atoms with Gasteiger partial charge in [0.05, 0.1) is 18.3 Å². The summed E-state index contributed by atoms with van der Waals surface area (Å²) in [6, 6.07) is 5.54. The van der Waals surface area contributed by atoms with E-state index in [1.807, 2.05) is 12.1 Å². The van der Waals surface area contributed by atoms with Crippen LogP contribution in [0.25, 0.3) is 0 Å². The van der Waals surface area contributed by atoms with Crippen molar-refractivity contribution in [3.05, 3.63) is 28.8 Å². The molecular weight excluding hydrogens is 224 g/mol. The van der Waals surface area contributed by atoms with Crippen LogP contribution in [-0.2, 0) is 0 Å². The Morgan fingerprint density at radius 3 is 2.88 bits per heavy atom. The molecule has 0 saturated carbocycles. The van der Waals surface area contributed by atoms with Crippen LogP contribution >= 0.6 is 11.6 Å². The topological polar surface area (TPSA) is 33.6 Å². The Labute approximate surface area is 101 Å². The van der Waals surface area contributed by atoms with Gasteiger partial charge >= 0.3 is 0 Å². The minimum Gasteiger partial charge on any atom is -0.495 e. The molecule has 0 aliphatic rings. The van der Waals surface area contributed by atoms with Crippen LogP contribution < -0.4 is 10.2 Å². The van der Waals surface area contributed by atoms with Crippen molar-refractivity contribution < 1.29 is 4.74 Å². The van der Waals surface area contributed by atoms with Gasteiger partial charge in [-0.15, -0.1) is 0 Å². The molecule has 1 N–H and O–H groups in total. The second-order valence-corrected chi connectivity index (χ2v) is 4.32. The highest BCUT2D eigenvalue weighted by atomic mass is 35.5. The van der Waals surface area contributed by atoms with Gasteiger partial charge in [0.25, 0.3) is 0 Å².